The van der Waals surface area contributed by atoms with Crippen LogP contribution in [0, 0.1) is 23.7 Å². The van der Waals surface area contributed by atoms with Gasteiger partial charge in [0.25, 0.3) is 0 Å². The second kappa shape index (κ2) is 27.0. The van der Waals surface area contributed by atoms with E-state index in [1.807, 2.05) is 77.1 Å². The molecule has 0 aliphatic carbocycles. The molecule has 1 amide bonds. The van der Waals surface area contributed by atoms with Gasteiger partial charge >= 0.3 is 6.09 Å². The van der Waals surface area contributed by atoms with Gasteiger partial charge in [0.05, 0.1) is 57.2 Å². The summed E-state index contributed by atoms with van der Waals surface area (Å²) in [5, 5.41) is 0. The van der Waals surface area contributed by atoms with Crippen LogP contribution in [0.15, 0.2) is 60.7 Å². The third-order valence-electron chi connectivity index (χ3n) is 12.0. The number of benzene rings is 2. The van der Waals surface area contributed by atoms with Crippen LogP contribution in [0.25, 0.3) is 0 Å². The number of ether oxygens (including phenoxy) is 3. The zero-order valence-electron chi connectivity index (χ0n) is 44.6. The second-order valence-corrected chi connectivity index (χ2v) is 22.3. The summed E-state index contributed by atoms with van der Waals surface area (Å²) in [6.45, 7) is 30.2. The normalized spacial score (nSPS) is 14.9. The first-order valence-electron chi connectivity index (χ1n) is 24.9. The standard InChI is InChI=1S/C55H77N7O7P2/c1-14-60(15-2)48-36-42(24-26-50(48)65-10)20-22-44-34-46(56-52(38-44)70(12)67-18-5)40-58-28-29-59(31-33-62(32-30-58)54(63)69-55(7,8)9)41-47-35-45(39-53(57-47)71(13,64)68-19-6)23-21-43-25-27-51(66-11)49(37-43)61(16-3)17-4/h24-27,34-39H,14-19,28-33,40-41H2,1-13H3. The van der Waals surface area contributed by atoms with E-state index in [0.717, 1.165) is 76.9 Å². The average Bonchev–Trinajstić information content (AvgIpc) is 3.43. The van der Waals surface area contributed by atoms with Crippen molar-refractivity contribution in [2.45, 2.75) is 81.0 Å². The Balaban J connectivity index is 1.50. The Labute approximate surface area is 426 Å². The van der Waals surface area contributed by atoms with Crippen LogP contribution in [-0.4, -0.2) is 143 Å². The molecule has 0 spiro atoms. The predicted molar refractivity (Wildman–Crippen MR) is 291 cm³/mol. The zero-order valence-corrected chi connectivity index (χ0v) is 46.3. The van der Waals surface area contributed by atoms with E-state index in [4.69, 9.17) is 33.2 Å². The molecular formula is C55H77N7O7P2. The van der Waals surface area contributed by atoms with Gasteiger partial charge < -0.3 is 38.0 Å². The minimum Gasteiger partial charge on any atom is -0.495 e. The minimum atomic E-state index is -3.29. The molecule has 71 heavy (non-hydrogen) atoms. The smallest absolute Gasteiger partial charge is 0.410 e. The molecule has 4 aromatic rings. The van der Waals surface area contributed by atoms with E-state index < -0.39 is 21.1 Å². The molecule has 384 valence electrons. The number of methoxy groups -OCH3 is 2. The monoisotopic (exact) mass is 1010 g/mol. The van der Waals surface area contributed by atoms with Crippen LogP contribution in [0.1, 0.15) is 96.0 Å². The van der Waals surface area contributed by atoms with Crippen molar-refractivity contribution in [3.63, 3.8) is 0 Å². The van der Waals surface area contributed by atoms with Gasteiger partial charge in [-0.1, -0.05) is 23.7 Å². The molecule has 5 rings (SSSR count). The lowest BCUT2D eigenvalue weighted by Crippen LogP contribution is -2.42. The topological polar surface area (TPSA) is 122 Å². The largest absolute Gasteiger partial charge is 0.495 e. The van der Waals surface area contributed by atoms with Crippen molar-refractivity contribution in [2.75, 3.05) is 116 Å². The number of anilines is 2. The fourth-order valence-corrected chi connectivity index (χ4v) is 10.7. The van der Waals surface area contributed by atoms with E-state index >= 15 is 0 Å². The summed E-state index contributed by atoms with van der Waals surface area (Å²) in [6, 6.07) is 19.8. The van der Waals surface area contributed by atoms with Gasteiger partial charge in [-0.3, -0.25) is 14.4 Å². The van der Waals surface area contributed by atoms with E-state index in [9.17, 15) is 9.36 Å². The zero-order chi connectivity index (χ0) is 51.7. The molecule has 14 nitrogen and oxygen atoms in total. The third-order valence-corrected chi connectivity index (χ3v) is 15.3. The summed E-state index contributed by atoms with van der Waals surface area (Å²) in [4.78, 5) is 34.8. The summed E-state index contributed by atoms with van der Waals surface area (Å²) >= 11 is 0. The number of aromatic nitrogens is 2. The van der Waals surface area contributed by atoms with Crippen molar-refractivity contribution >= 4 is 43.9 Å². The minimum absolute atomic E-state index is 0.279. The van der Waals surface area contributed by atoms with Crippen LogP contribution in [-0.2, 0) is 31.4 Å². The maximum atomic E-state index is 14.0. The molecule has 0 N–H and O–H groups in total. The van der Waals surface area contributed by atoms with Gasteiger partial charge in [-0.2, -0.15) is 0 Å². The lowest BCUT2D eigenvalue weighted by atomic mass is 10.1. The Morgan fingerprint density at radius 2 is 1.13 bits per heavy atom. The molecule has 2 atom stereocenters. The van der Waals surface area contributed by atoms with Gasteiger partial charge in [0, 0.05) is 114 Å². The number of hydrogen-bond acceptors (Lipinski definition) is 13. The number of rotatable bonds is 18. The fourth-order valence-electron chi connectivity index (χ4n) is 8.26. The quantitative estimate of drug-likeness (QED) is 0.0698. The molecule has 1 fully saturated rings. The molecule has 3 heterocycles. The molecule has 1 aliphatic rings. The SMILES string of the molecule is CCOP(C)c1cc(C#Cc2ccc(OC)c(N(CC)CC)c2)cc(CN2CCN(Cc3cc(C#Cc4ccc(OC)c(N(CC)CC)c4)cc(P(C)(=O)OCC)n3)CCN(C(=O)OC(C)(C)C)CC2)n1. The van der Waals surface area contributed by atoms with Crippen LogP contribution in [0.2, 0.25) is 0 Å². The number of pyridine rings is 2. The summed E-state index contributed by atoms with van der Waals surface area (Å²) in [5.74, 6) is 15.2. The highest BCUT2D eigenvalue weighted by molar-refractivity contribution is 7.66. The number of hydrogen-bond donors (Lipinski definition) is 0. The van der Waals surface area contributed by atoms with Gasteiger partial charge in [-0.15, -0.1) is 0 Å². The molecule has 2 aromatic heterocycles. The predicted octanol–water partition coefficient (Wildman–Crippen LogP) is 8.80. The van der Waals surface area contributed by atoms with E-state index in [1.165, 1.54) is 0 Å². The summed E-state index contributed by atoms with van der Waals surface area (Å²) in [6.07, 6.45) is -0.364. The lowest BCUT2D eigenvalue weighted by Gasteiger charge is -2.29. The molecule has 2 aromatic carbocycles. The van der Waals surface area contributed by atoms with E-state index in [0.29, 0.717) is 75.7 Å². The van der Waals surface area contributed by atoms with Crippen molar-refractivity contribution in [1.82, 2.24) is 24.7 Å². The van der Waals surface area contributed by atoms with Gasteiger partial charge in [-0.05, 0) is 130 Å². The first kappa shape index (κ1) is 56.7. The summed E-state index contributed by atoms with van der Waals surface area (Å²) in [7, 11) is -0.907. The molecule has 1 saturated heterocycles. The maximum Gasteiger partial charge on any atom is 0.410 e. The number of carbonyl (C=O) groups excluding carboxylic acids is 1. The van der Waals surface area contributed by atoms with Crippen molar-refractivity contribution in [2.24, 2.45) is 0 Å². The third kappa shape index (κ3) is 16.7. The first-order chi connectivity index (χ1) is 34.0. The van der Waals surface area contributed by atoms with Gasteiger partial charge in [0.15, 0.2) is 0 Å². The Kier molecular flexibility index (Phi) is 21.6. The van der Waals surface area contributed by atoms with Crippen LogP contribution in [0.5, 0.6) is 11.5 Å². The van der Waals surface area contributed by atoms with Crippen molar-refractivity contribution < 1.29 is 32.6 Å². The van der Waals surface area contributed by atoms with Crippen LogP contribution in [0.4, 0.5) is 16.2 Å². The van der Waals surface area contributed by atoms with Crippen molar-refractivity contribution in [1.29, 1.82) is 0 Å². The number of carbonyl (C=O) groups is 1. The molecule has 2 unspecified atom stereocenters. The first-order valence-corrected chi connectivity index (χ1v) is 28.7. The Hall–Kier alpha value is -5.17. The molecule has 0 saturated carbocycles. The van der Waals surface area contributed by atoms with Crippen molar-refractivity contribution in [3.8, 4) is 35.2 Å². The summed E-state index contributed by atoms with van der Waals surface area (Å²) in [5.41, 5.74) is 7.37. The summed E-state index contributed by atoms with van der Waals surface area (Å²) < 4.78 is 43.2. The molecular weight excluding hydrogens is 933 g/mol. The molecule has 0 bridgehead atoms. The number of nitrogens with zero attached hydrogens (tertiary/aromatic N) is 7. The lowest BCUT2D eigenvalue weighted by molar-refractivity contribution is 0.0229. The van der Waals surface area contributed by atoms with E-state index in [2.05, 4.69) is 89.8 Å². The second-order valence-electron chi connectivity index (χ2n) is 18.2. The maximum absolute atomic E-state index is 14.0. The van der Waals surface area contributed by atoms with E-state index in [1.54, 1.807) is 31.9 Å². The fraction of sp³-hybridized carbons (Fsp3) is 0.509. The molecule has 0 radical (unpaired) electrons. The number of amides is 1. The molecule has 1 aliphatic heterocycles. The average molecular weight is 1010 g/mol. The highest BCUT2D eigenvalue weighted by Gasteiger charge is 2.27. The highest BCUT2D eigenvalue weighted by Crippen LogP contribution is 2.40. The Bertz CT molecular complexity index is 2580. The van der Waals surface area contributed by atoms with Crippen LogP contribution in [0.3, 0.4) is 0 Å². The van der Waals surface area contributed by atoms with E-state index in [-0.39, 0.29) is 12.7 Å². The van der Waals surface area contributed by atoms with Gasteiger partial charge in [-0.25, -0.2) is 14.8 Å². The molecule has 16 heteroatoms. The highest BCUT2D eigenvalue weighted by atomic mass is 31.2. The van der Waals surface area contributed by atoms with Crippen LogP contribution >= 0.6 is 15.5 Å². The van der Waals surface area contributed by atoms with Crippen LogP contribution < -0.4 is 30.1 Å². The van der Waals surface area contributed by atoms with Gasteiger partial charge in [0.1, 0.15) is 22.5 Å². The van der Waals surface area contributed by atoms with Crippen molar-refractivity contribution in [3.05, 3.63) is 94.3 Å². The van der Waals surface area contributed by atoms with Gasteiger partial charge in [0.2, 0.25) is 7.37 Å². The Morgan fingerprint density at radius 3 is 1.58 bits per heavy atom. The Morgan fingerprint density at radius 1 is 0.662 bits per heavy atom.